The summed E-state index contributed by atoms with van der Waals surface area (Å²) in [6, 6.07) is 0. The summed E-state index contributed by atoms with van der Waals surface area (Å²) < 4.78 is 0. The van der Waals surface area contributed by atoms with E-state index < -0.39 is 0 Å². The fraction of sp³-hybridized carbons (Fsp3) is 1.00. The molecule has 1 atom stereocenters. The van der Waals surface area contributed by atoms with Crippen LogP contribution in [-0.4, -0.2) is 16.4 Å². The van der Waals surface area contributed by atoms with Gasteiger partial charge in [-0.25, -0.2) is 0 Å². The van der Waals surface area contributed by atoms with Crippen LogP contribution in [0.2, 0.25) is 0 Å². The zero-order chi connectivity index (χ0) is 8.69. The Bertz CT molecular complexity index is 81.6. The van der Waals surface area contributed by atoms with Crippen LogP contribution < -0.4 is 0 Å². The first-order chi connectivity index (χ1) is 5.24. The lowest BCUT2D eigenvalue weighted by Gasteiger charge is -2.16. The summed E-state index contributed by atoms with van der Waals surface area (Å²) in [4.78, 5) is 0. The van der Waals surface area contributed by atoms with E-state index in [0.29, 0.717) is 0 Å². The van der Waals surface area contributed by atoms with Gasteiger partial charge in [-0.05, 0) is 19.3 Å². The highest BCUT2D eigenvalue weighted by Gasteiger charge is 2.08. The third-order valence-corrected chi connectivity index (χ3v) is 3.82. The standard InChI is InChI=1S/C9H19ClS/c1-4-9(5-2)11-8(3)6-7-10/h8-9H,4-7H2,1-3H3. The van der Waals surface area contributed by atoms with Gasteiger partial charge in [0.1, 0.15) is 0 Å². The highest BCUT2D eigenvalue weighted by molar-refractivity contribution is 8.00. The maximum atomic E-state index is 5.65. The molecule has 0 bridgehead atoms. The second-order valence-electron chi connectivity index (χ2n) is 2.86. The van der Waals surface area contributed by atoms with E-state index in [0.717, 1.165) is 22.8 Å². The summed E-state index contributed by atoms with van der Waals surface area (Å²) in [6.07, 6.45) is 3.71. The molecule has 68 valence electrons. The molecule has 0 spiro atoms. The zero-order valence-electron chi connectivity index (χ0n) is 7.77. The van der Waals surface area contributed by atoms with Crippen molar-refractivity contribution < 1.29 is 0 Å². The lowest BCUT2D eigenvalue weighted by molar-refractivity contribution is 0.779. The van der Waals surface area contributed by atoms with Gasteiger partial charge in [0.05, 0.1) is 0 Å². The number of rotatable bonds is 6. The van der Waals surface area contributed by atoms with Crippen LogP contribution in [0.1, 0.15) is 40.0 Å². The molecule has 0 amide bonds. The van der Waals surface area contributed by atoms with E-state index in [2.05, 4.69) is 32.5 Å². The second kappa shape index (κ2) is 7.30. The summed E-state index contributed by atoms with van der Waals surface area (Å²) in [5, 5.41) is 1.57. The monoisotopic (exact) mass is 194 g/mol. The minimum absolute atomic E-state index is 0.734. The first kappa shape index (κ1) is 11.6. The molecular weight excluding hydrogens is 176 g/mol. The molecule has 1 unspecified atom stereocenters. The molecule has 0 radical (unpaired) electrons. The summed E-state index contributed by atoms with van der Waals surface area (Å²) in [7, 11) is 0. The molecule has 0 aromatic rings. The molecular formula is C9H19ClS. The van der Waals surface area contributed by atoms with Crippen molar-refractivity contribution in [1.82, 2.24) is 0 Å². The smallest absolute Gasteiger partial charge is 0.0233 e. The van der Waals surface area contributed by atoms with Gasteiger partial charge in [0.15, 0.2) is 0 Å². The first-order valence-corrected chi connectivity index (χ1v) is 5.93. The van der Waals surface area contributed by atoms with Crippen LogP contribution in [0.5, 0.6) is 0 Å². The van der Waals surface area contributed by atoms with Crippen molar-refractivity contribution >= 4 is 23.4 Å². The lowest BCUT2D eigenvalue weighted by Crippen LogP contribution is -2.06. The van der Waals surface area contributed by atoms with Crippen molar-refractivity contribution in [3.8, 4) is 0 Å². The van der Waals surface area contributed by atoms with Gasteiger partial charge in [-0.1, -0.05) is 20.8 Å². The molecule has 0 aliphatic rings. The number of hydrogen-bond acceptors (Lipinski definition) is 1. The van der Waals surface area contributed by atoms with Crippen molar-refractivity contribution in [3.63, 3.8) is 0 Å². The van der Waals surface area contributed by atoms with Gasteiger partial charge >= 0.3 is 0 Å². The Hall–Kier alpha value is 0.640. The molecule has 0 aromatic heterocycles. The number of thioether (sulfide) groups is 1. The predicted octanol–water partition coefficient (Wildman–Crippen LogP) is 3.93. The zero-order valence-corrected chi connectivity index (χ0v) is 9.34. The van der Waals surface area contributed by atoms with Gasteiger partial charge in [-0.2, -0.15) is 11.8 Å². The van der Waals surface area contributed by atoms with E-state index >= 15 is 0 Å². The molecule has 0 fully saturated rings. The van der Waals surface area contributed by atoms with E-state index in [4.69, 9.17) is 11.6 Å². The van der Waals surface area contributed by atoms with Crippen molar-refractivity contribution in [3.05, 3.63) is 0 Å². The molecule has 0 aromatic carbocycles. The second-order valence-corrected chi connectivity index (χ2v) is 4.98. The third-order valence-electron chi connectivity index (χ3n) is 1.85. The van der Waals surface area contributed by atoms with Gasteiger partial charge in [-0.15, -0.1) is 11.6 Å². The Labute approximate surface area is 80.1 Å². The normalized spacial score (nSPS) is 13.9. The third kappa shape index (κ3) is 5.86. The summed E-state index contributed by atoms with van der Waals surface area (Å²) in [6.45, 7) is 6.79. The Morgan fingerprint density at radius 1 is 1.27 bits per heavy atom. The Balaban J connectivity index is 3.44. The topological polar surface area (TPSA) is 0 Å². The van der Waals surface area contributed by atoms with Crippen LogP contribution in [-0.2, 0) is 0 Å². The number of alkyl halides is 1. The summed E-state index contributed by atoms with van der Waals surface area (Å²) >= 11 is 7.74. The SMILES string of the molecule is CCC(CC)SC(C)CCCl. The molecule has 0 saturated heterocycles. The quantitative estimate of drug-likeness (QED) is 0.578. The summed E-state index contributed by atoms with van der Waals surface area (Å²) in [5.74, 6) is 0.800. The predicted molar refractivity (Wildman–Crippen MR) is 56.8 cm³/mol. The number of hydrogen-bond donors (Lipinski definition) is 0. The molecule has 2 heteroatoms. The van der Waals surface area contributed by atoms with Crippen LogP contribution >= 0.6 is 23.4 Å². The van der Waals surface area contributed by atoms with Crippen molar-refractivity contribution in [1.29, 1.82) is 0 Å². The van der Waals surface area contributed by atoms with Gasteiger partial charge in [0.2, 0.25) is 0 Å². The Morgan fingerprint density at radius 2 is 1.82 bits per heavy atom. The van der Waals surface area contributed by atoms with Crippen molar-refractivity contribution in [2.45, 2.75) is 50.5 Å². The van der Waals surface area contributed by atoms with E-state index in [9.17, 15) is 0 Å². The molecule has 0 aliphatic carbocycles. The van der Waals surface area contributed by atoms with Crippen LogP contribution in [0.15, 0.2) is 0 Å². The molecule has 0 N–H and O–H groups in total. The average molecular weight is 195 g/mol. The van der Waals surface area contributed by atoms with E-state index in [-0.39, 0.29) is 0 Å². The van der Waals surface area contributed by atoms with Crippen LogP contribution in [0.25, 0.3) is 0 Å². The van der Waals surface area contributed by atoms with Crippen molar-refractivity contribution in [2.24, 2.45) is 0 Å². The Morgan fingerprint density at radius 3 is 2.18 bits per heavy atom. The van der Waals surface area contributed by atoms with Gasteiger partial charge in [0, 0.05) is 16.4 Å². The Kier molecular flexibility index (Phi) is 7.72. The summed E-state index contributed by atoms with van der Waals surface area (Å²) in [5.41, 5.74) is 0. The average Bonchev–Trinajstić information content (AvgIpc) is 2.01. The molecule has 0 rings (SSSR count). The minimum Gasteiger partial charge on any atom is -0.155 e. The van der Waals surface area contributed by atoms with E-state index in [1.54, 1.807) is 0 Å². The van der Waals surface area contributed by atoms with Crippen LogP contribution in [0.4, 0.5) is 0 Å². The van der Waals surface area contributed by atoms with Gasteiger partial charge < -0.3 is 0 Å². The molecule has 0 nitrogen and oxygen atoms in total. The largest absolute Gasteiger partial charge is 0.155 e. The lowest BCUT2D eigenvalue weighted by atomic mass is 10.3. The molecule has 11 heavy (non-hydrogen) atoms. The minimum atomic E-state index is 0.734. The molecule has 0 aliphatic heterocycles. The molecule has 0 saturated carbocycles. The molecule has 0 heterocycles. The van der Waals surface area contributed by atoms with Crippen molar-refractivity contribution in [2.75, 3.05) is 5.88 Å². The maximum absolute atomic E-state index is 5.65. The maximum Gasteiger partial charge on any atom is 0.0233 e. The fourth-order valence-corrected chi connectivity index (χ4v) is 2.78. The van der Waals surface area contributed by atoms with E-state index in [1.165, 1.54) is 12.8 Å². The van der Waals surface area contributed by atoms with Crippen LogP contribution in [0, 0.1) is 0 Å². The fourth-order valence-electron chi connectivity index (χ4n) is 1.03. The van der Waals surface area contributed by atoms with Gasteiger partial charge in [0.25, 0.3) is 0 Å². The number of halogens is 1. The first-order valence-electron chi connectivity index (χ1n) is 4.45. The van der Waals surface area contributed by atoms with E-state index in [1.807, 2.05) is 0 Å². The highest BCUT2D eigenvalue weighted by Crippen LogP contribution is 2.24. The van der Waals surface area contributed by atoms with Crippen LogP contribution in [0.3, 0.4) is 0 Å². The van der Waals surface area contributed by atoms with Gasteiger partial charge in [-0.3, -0.25) is 0 Å². The highest BCUT2D eigenvalue weighted by atomic mass is 35.5.